The summed E-state index contributed by atoms with van der Waals surface area (Å²) in [4.78, 5) is 43.6. The summed E-state index contributed by atoms with van der Waals surface area (Å²) in [6.07, 6.45) is 8.53. The number of methoxy groups -OCH3 is 1. The number of hydrogen-bond acceptors (Lipinski definition) is 7. The largest absolute Gasteiger partial charge is 0.507 e. The predicted octanol–water partition coefficient (Wildman–Crippen LogP) is 5.40. The topological polar surface area (TPSA) is 124 Å². The minimum Gasteiger partial charge on any atom is -0.507 e. The fraction of sp³-hybridized carbons (Fsp3) is 0.500. The first-order valence-electron chi connectivity index (χ1n) is 12.5. The van der Waals surface area contributed by atoms with E-state index < -0.39 is 12.1 Å². The molecule has 1 aromatic rings. The van der Waals surface area contributed by atoms with Gasteiger partial charge >= 0.3 is 12.1 Å². The van der Waals surface area contributed by atoms with Crippen LogP contribution in [0.4, 0.5) is 9.18 Å². The molecule has 0 saturated heterocycles. The average molecular weight is 537 g/mol. The van der Waals surface area contributed by atoms with E-state index in [0.717, 1.165) is 12.0 Å². The summed E-state index contributed by atoms with van der Waals surface area (Å²) < 4.78 is 23.3. The van der Waals surface area contributed by atoms with Crippen LogP contribution in [0.2, 0.25) is 0 Å². The number of nitrogens with one attached hydrogen (secondary N) is 1. The van der Waals surface area contributed by atoms with Crippen LogP contribution >= 0.6 is 0 Å². The summed E-state index contributed by atoms with van der Waals surface area (Å²) in [5, 5.41) is 12.5. The lowest BCUT2D eigenvalue weighted by Crippen LogP contribution is -2.16. The van der Waals surface area contributed by atoms with Crippen LogP contribution in [0, 0.1) is 11.8 Å². The van der Waals surface area contributed by atoms with Gasteiger partial charge in [0, 0.05) is 55.0 Å². The number of amides is 1. The van der Waals surface area contributed by atoms with E-state index >= 15 is 0 Å². The minimum atomic E-state index is -1.23. The molecule has 10 heteroatoms. The van der Waals surface area contributed by atoms with Crippen LogP contribution in [-0.4, -0.2) is 41.2 Å². The van der Waals surface area contributed by atoms with Crippen molar-refractivity contribution in [2.45, 2.75) is 66.7 Å². The Morgan fingerprint density at radius 3 is 2.39 bits per heavy atom. The van der Waals surface area contributed by atoms with Crippen molar-refractivity contribution in [3.63, 3.8) is 0 Å². The molecule has 0 aromatic carbocycles. The average Bonchev–Trinajstić information content (AvgIpc) is 3.25. The van der Waals surface area contributed by atoms with Crippen LogP contribution < -0.4 is 5.32 Å². The highest BCUT2D eigenvalue weighted by Gasteiger charge is 2.16. The number of nitrogens with zero attached hydrogens (tertiary/aromatic N) is 1. The molecule has 212 valence electrons. The number of aliphatic hydroxyl groups excluding tert-OH is 1. The van der Waals surface area contributed by atoms with Crippen molar-refractivity contribution in [1.82, 2.24) is 9.88 Å². The minimum absolute atomic E-state index is 0.00678. The Hall–Kier alpha value is -3.69. The second-order valence-corrected chi connectivity index (χ2v) is 8.97. The monoisotopic (exact) mass is 536 g/mol. The van der Waals surface area contributed by atoms with Crippen LogP contribution in [0.15, 0.2) is 47.7 Å². The number of allylic oxidation sites excluding steroid dienone is 4. The summed E-state index contributed by atoms with van der Waals surface area (Å²) >= 11 is 0. The van der Waals surface area contributed by atoms with E-state index in [4.69, 9.17) is 4.74 Å². The lowest BCUT2D eigenvalue weighted by molar-refractivity contribution is -0.129. The molecule has 1 aromatic heterocycles. The van der Waals surface area contributed by atoms with E-state index in [1.54, 1.807) is 19.9 Å². The molecule has 1 unspecified atom stereocenters. The third-order valence-corrected chi connectivity index (χ3v) is 5.63. The molecule has 2 N–H and O–H groups in total. The summed E-state index contributed by atoms with van der Waals surface area (Å²) in [5.41, 5.74) is 2.46. The second kappa shape index (κ2) is 18.5. The fourth-order valence-electron chi connectivity index (χ4n) is 3.32. The summed E-state index contributed by atoms with van der Waals surface area (Å²) in [6.45, 7) is 9.18. The molecule has 1 heterocycles. The summed E-state index contributed by atoms with van der Waals surface area (Å²) in [5.74, 6) is -0.556. The first kappa shape index (κ1) is 34.3. The molecule has 0 aliphatic heterocycles. The maximum absolute atomic E-state index is 11.9. The molecule has 0 aliphatic rings. The third kappa shape index (κ3) is 13.6. The standard InChI is InChI=1S/C18H27NO6.C10H14FNO/c1-12(2)17(22)14(4)15(21)10-16(25-11-20)13(3)8-6-7-9-19-18(23)24-5;1-3-9-6-8(7-12(9)2)4-5-10(11)13/h7,9-13,21H,6,8H2,1-5H3,(H,19,23);6-7H,3-5H2,1-2H3/b9-7+,15-14-,16-10-;. The number of hydrogen-bond donors (Lipinski definition) is 2. The number of halogens is 1. The number of Topliss-reactive ketones (excluding diaryl/α,β-unsaturated/α-hetero) is 1. The van der Waals surface area contributed by atoms with Crippen molar-refractivity contribution in [3.8, 4) is 0 Å². The van der Waals surface area contributed by atoms with Gasteiger partial charge in [-0.3, -0.25) is 19.7 Å². The van der Waals surface area contributed by atoms with Gasteiger partial charge in [0.05, 0.1) is 7.11 Å². The Balaban J connectivity index is 0.000000875. The van der Waals surface area contributed by atoms with Crippen molar-refractivity contribution in [2.75, 3.05) is 7.11 Å². The molecule has 1 rings (SSSR count). The van der Waals surface area contributed by atoms with Crippen molar-refractivity contribution in [3.05, 3.63) is 59.0 Å². The molecule has 9 nitrogen and oxygen atoms in total. The summed E-state index contributed by atoms with van der Waals surface area (Å²) in [6, 6.07) is 0.782. The van der Waals surface area contributed by atoms with Crippen molar-refractivity contribution in [1.29, 1.82) is 0 Å². The highest BCUT2D eigenvalue weighted by molar-refractivity contribution is 5.96. The van der Waals surface area contributed by atoms with Gasteiger partial charge in [-0.2, -0.15) is 4.39 Å². The van der Waals surface area contributed by atoms with E-state index in [9.17, 15) is 28.7 Å². The van der Waals surface area contributed by atoms with Gasteiger partial charge in [0.1, 0.15) is 11.5 Å². The van der Waals surface area contributed by atoms with E-state index in [1.165, 1.54) is 32.0 Å². The first-order chi connectivity index (χ1) is 17.9. The van der Waals surface area contributed by atoms with Gasteiger partial charge in [0.25, 0.3) is 6.47 Å². The molecule has 0 aliphatic carbocycles. The molecule has 0 bridgehead atoms. The molecule has 0 fully saturated rings. The van der Waals surface area contributed by atoms with E-state index in [-0.39, 0.29) is 47.6 Å². The van der Waals surface area contributed by atoms with Crippen LogP contribution in [0.25, 0.3) is 0 Å². The Morgan fingerprint density at radius 1 is 1.24 bits per heavy atom. The predicted molar refractivity (Wildman–Crippen MR) is 143 cm³/mol. The van der Waals surface area contributed by atoms with Crippen LogP contribution in [0.1, 0.15) is 65.1 Å². The molecular formula is C28H41FN2O7. The fourth-order valence-corrected chi connectivity index (χ4v) is 3.32. The zero-order valence-corrected chi connectivity index (χ0v) is 23.4. The van der Waals surface area contributed by atoms with Crippen molar-refractivity contribution in [2.24, 2.45) is 18.9 Å². The molecule has 0 radical (unpaired) electrons. The molecule has 1 atom stereocenters. The number of carbonyl (C=O) groups excluding carboxylic acids is 4. The smallest absolute Gasteiger partial charge is 0.410 e. The Kier molecular flexibility index (Phi) is 16.7. The van der Waals surface area contributed by atoms with Crippen LogP contribution in [0.5, 0.6) is 0 Å². The maximum Gasteiger partial charge on any atom is 0.410 e. The zero-order valence-electron chi connectivity index (χ0n) is 23.4. The van der Waals surface area contributed by atoms with Crippen LogP contribution in [-0.2, 0) is 43.7 Å². The zero-order chi connectivity index (χ0) is 29.3. The second-order valence-electron chi connectivity index (χ2n) is 8.97. The number of aromatic nitrogens is 1. The highest BCUT2D eigenvalue weighted by atomic mass is 19.1. The first-order valence-corrected chi connectivity index (χ1v) is 12.5. The molecule has 0 saturated carbocycles. The van der Waals surface area contributed by atoms with Gasteiger partial charge in [-0.05, 0) is 44.2 Å². The molecular weight excluding hydrogens is 495 g/mol. The van der Waals surface area contributed by atoms with Crippen molar-refractivity contribution >= 4 is 24.4 Å². The van der Waals surface area contributed by atoms with E-state index in [2.05, 4.69) is 17.0 Å². The number of aliphatic hydroxyl groups is 1. The highest BCUT2D eigenvalue weighted by Crippen LogP contribution is 2.21. The lowest BCUT2D eigenvalue weighted by atomic mass is 9.99. The van der Waals surface area contributed by atoms with Gasteiger partial charge < -0.3 is 19.1 Å². The molecule has 38 heavy (non-hydrogen) atoms. The van der Waals surface area contributed by atoms with Gasteiger partial charge in [-0.1, -0.05) is 33.8 Å². The van der Waals surface area contributed by atoms with E-state index in [0.29, 0.717) is 19.3 Å². The number of ketones is 1. The lowest BCUT2D eigenvalue weighted by Gasteiger charge is -2.13. The Morgan fingerprint density at radius 2 is 1.89 bits per heavy atom. The number of aryl methyl sites for hydroxylation is 3. The maximum atomic E-state index is 11.9. The van der Waals surface area contributed by atoms with Gasteiger partial charge in [0.2, 0.25) is 0 Å². The van der Waals surface area contributed by atoms with Crippen molar-refractivity contribution < 1.29 is 38.1 Å². The third-order valence-electron chi connectivity index (χ3n) is 5.63. The number of rotatable bonds is 14. The normalized spacial score (nSPS) is 12.8. The number of carbonyl (C=O) groups is 4. The molecule has 1 amide bonds. The van der Waals surface area contributed by atoms with Gasteiger partial charge in [-0.25, -0.2) is 4.79 Å². The van der Waals surface area contributed by atoms with Gasteiger partial charge in [-0.15, -0.1) is 0 Å². The quantitative estimate of drug-likeness (QED) is 0.107. The number of alkyl carbamates (subject to hydrolysis) is 1. The Labute approximate surface area is 224 Å². The van der Waals surface area contributed by atoms with Gasteiger partial charge in [0.15, 0.2) is 5.78 Å². The Bertz CT molecular complexity index is 1020. The molecule has 0 spiro atoms. The summed E-state index contributed by atoms with van der Waals surface area (Å²) in [7, 11) is 3.23. The number of ether oxygens (including phenoxy) is 2. The SMILES string of the molecule is CCc1cc(CCC(=O)F)cn1C.COC(=O)N/C=C/CCC(C)/C(=C/C(O)=C(\C)C(=O)C(C)C)OC=O. The van der Waals surface area contributed by atoms with E-state index in [1.807, 2.05) is 30.8 Å². The van der Waals surface area contributed by atoms with Crippen LogP contribution in [0.3, 0.4) is 0 Å².